The molecule has 0 unspecified atom stereocenters. The molecule has 3 heterocycles. The van der Waals surface area contributed by atoms with Crippen LogP contribution in [0, 0.1) is 5.92 Å². The quantitative estimate of drug-likeness (QED) is 0.426. The number of nitrogen functional groups attached to an aromatic ring is 1. The number of methoxy groups -OCH3 is 1. The Labute approximate surface area is 180 Å². The minimum Gasteiger partial charge on any atom is -0.397 e. The van der Waals surface area contributed by atoms with E-state index in [0.29, 0.717) is 41.8 Å². The van der Waals surface area contributed by atoms with Gasteiger partial charge in [0.05, 0.1) is 17.7 Å². The summed E-state index contributed by atoms with van der Waals surface area (Å²) in [6.07, 6.45) is 3.56. The number of nitrogens with two attached hydrogens (primary N) is 1. The van der Waals surface area contributed by atoms with Gasteiger partial charge in [0, 0.05) is 50.7 Å². The lowest BCUT2D eigenvalue weighted by Crippen LogP contribution is -2.35. The van der Waals surface area contributed by atoms with Crippen molar-refractivity contribution in [2.45, 2.75) is 12.8 Å². The van der Waals surface area contributed by atoms with Gasteiger partial charge >= 0.3 is 0 Å². The molecule has 0 aliphatic carbocycles. The van der Waals surface area contributed by atoms with Crippen LogP contribution in [-0.4, -0.2) is 65.9 Å². The topological polar surface area (TPSA) is 129 Å². The molecule has 1 saturated heterocycles. The number of aliphatic hydroxyl groups is 1. The van der Waals surface area contributed by atoms with Crippen molar-refractivity contribution in [1.29, 1.82) is 0 Å². The van der Waals surface area contributed by atoms with Crippen LogP contribution in [0.15, 0.2) is 30.5 Å². The highest BCUT2D eigenvalue weighted by Crippen LogP contribution is 2.33. The molecule has 0 atom stereocenters. The number of carbonyl (C=O) groups is 1. The number of aromatic amines is 1. The van der Waals surface area contributed by atoms with E-state index in [1.165, 1.54) is 0 Å². The molecule has 1 aliphatic rings. The fourth-order valence-corrected chi connectivity index (χ4v) is 3.86. The van der Waals surface area contributed by atoms with Gasteiger partial charge in [-0.15, -0.1) is 0 Å². The van der Waals surface area contributed by atoms with Crippen molar-refractivity contribution in [3.63, 3.8) is 0 Å². The zero-order valence-electron chi connectivity index (χ0n) is 17.6. The van der Waals surface area contributed by atoms with Gasteiger partial charge in [-0.3, -0.25) is 4.79 Å². The number of benzene rings is 1. The van der Waals surface area contributed by atoms with Gasteiger partial charge in [-0.2, -0.15) is 0 Å². The summed E-state index contributed by atoms with van der Waals surface area (Å²) in [5, 5.41) is 13.1. The molecule has 0 saturated carbocycles. The molecule has 1 aromatic carbocycles. The first-order valence-corrected chi connectivity index (χ1v) is 10.5. The van der Waals surface area contributed by atoms with E-state index in [1.54, 1.807) is 25.4 Å². The Morgan fingerprint density at radius 2 is 2.03 bits per heavy atom. The summed E-state index contributed by atoms with van der Waals surface area (Å²) < 4.78 is 4.96. The molecule has 9 heteroatoms. The molecule has 31 heavy (non-hydrogen) atoms. The summed E-state index contributed by atoms with van der Waals surface area (Å²) in [5.41, 5.74) is 8.88. The van der Waals surface area contributed by atoms with Crippen LogP contribution in [0.4, 0.5) is 11.5 Å². The smallest absolute Gasteiger partial charge is 0.251 e. The molecule has 4 rings (SSSR count). The average Bonchev–Trinajstić information content (AvgIpc) is 3.19. The van der Waals surface area contributed by atoms with Crippen LogP contribution in [0.25, 0.3) is 22.4 Å². The molecule has 2 aromatic heterocycles. The lowest BCUT2D eigenvalue weighted by atomic mass is 9.98. The number of rotatable bonds is 7. The summed E-state index contributed by atoms with van der Waals surface area (Å²) in [5.74, 6) is 1.56. The summed E-state index contributed by atoms with van der Waals surface area (Å²) in [6.45, 7) is 2.76. The Hall–Kier alpha value is -3.17. The van der Waals surface area contributed by atoms with Crippen LogP contribution in [0.2, 0.25) is 0 Å². The standard InChI is InChI=1S/C22H28N6O3/c1-31-11-8-24-22(30)16-4-2-15(3-5-16)19-26-20-18(17(23)12-25-20)21(27-19)28-9-6-14(13-29)7-10-28/h2-5,12,14,29H,6-11,13,23H2,1H3,(H,24,30)(H,25,26,27). The van der Waals surface area contributed by atoms with Gasteiger partial charge < -0.3 is 30.8 Å². The van der Waals surface area contributed by atoms with Crippen molar-refractivity contribution in [2.75, 3.05) is 50.6 Å². The summed E-state index contributed by atoms with van der Waals surface area (Å²) in [6, 6.07) is 7.22. The van der Waals surface area contributed by atoms with Gasteiger partial charge in [0.2, 0.25) is 0 Å². The number of hydrogen-bond donors (Lipinski definition) is 4. The summed E-state index contributed by atoms with van der Waals surface area (Å²) in [7, 11) is 1.60. The predicted molar refractivity (Wildman–Crippen MR) is 120 cm³/mol. The van der Waals surface area contributed by atoms with E-state index in [-0.39, 0.29) is 12.5 Å². The molecule has 1 amide bonds. The number of hydrogen-bond acceptors (Lipinski definition) is 7. The first-order chi connectivity index (χ1) is 15.1. The average molecular weight is 425 g/mol. The third kappa shape index (κ3) is 4.47. The lowest BCUT2D eigenvalue weighted by molar-refractivity contribution is 0.0937. The number of aromatic nitrogens is 3. The van der Waals surface area contributed by atoms with E-state index in [2.05, 4.69) is 20.2 Å². The number of fused-ring (bicyclic) bond motifs is 1. The Bertz CT molecular complexity index is 1040. The van der Waals surface area contributed by atoms with Gasteiger partial charge in [0.25, 0.3) is 5.91 Å². The second kappa shape index (κ2) is 9.32. The number of carbonyl (C=O) groups excluding carboxylic acids is 1. The highest BCUT2D eigenvalue weighted by Gasteiger charge is 2.24. The largest absolute Gasteiger partial charge is 0.397 e. The van der Waals surface area contributed by atoms with Gasteiger partial charge in [0.15, 0.2) is 5.82 Å². The molecule has 1 fully saturated rings. The Morgan fingerprint density at radius 1 is 1.29 bits per heavy atom. The highest BCUT2D eigenvalue weighted by molar-refractivity contribution is 5.99. The van der Waals surface area contributed by atoms with E-state index >= 15 is 0 Å². The summed E-state index contributed by atoms with van der Waals surface area (Å²) >= 11 is 0. The van der Waals surface area contributed by atoms with E-state index < -0.39 is 0 Å². The normalized spacial score (nSPS) is 14.8. The zero-order valence-corrected chi connectivity index (χ0v) is 17.6. The molecule has 164 valence electrons. The van der Waals surface area contributed by atoms with E-state index in [0.717, 1.165) is 42.7 Å². The molecular weight excluding hydrogens is 396 g/mol. The zero-order chi connectivity index (χ0) is 21.8. The molecule has 0 radical (unpaired) electrons. The van der Waals surface area contributed by atoms with Crippen LogP contribution in [0.5, 0.6) is 0 Å². The summed E-state index contributed by atoms with van der Waals surface area (Å²) in [4.78, 5) is 27.1. The monoisotopic (exact) mass is 424 g/mol. The van der Waals surface area contributed by atoms with Crippen LogP contribution >= 0.6 is 0 Å². The number of nitrogens with zero attached hydrogens (tertiary/aromatic N) is 3. The maximum absolute atomic E-state index is 12.2. The molecule has 3 aromatic rings. The van der Waals surface area contributed by atoms with Crippen LogP contribution in [0.1, 0.15) is 23.2 Å². The van der Waals surface area contributed by atoms with E-state index in [1.807, 2.05) is 12.1 Å². The number of nitrogens with one attached hydrogen (secondary N) is 2. The number of anilines is 2. The van der Waals surface area contributed by atoms with E-state index in [9.17, 15) is 9.90 Å². The predicted octanol–water partition coefficient (Wildman–Crippen LogP) is 1.79. The second-order valence-corrected chi connectivity index (χ2v) is 7.78. The molecule has 0 spiro atoms. The number of aliphatic hydroxyl groups excluding tert-OH is 1. The minimum atomic E-state index is -0.149. The number of amides is 1. The fraction of sp³-hybridized carbons (Fsp3) is 0.409. The number of ether oxygens (including phenoxy) is 1. The number of H-pyrrole nitrogens is 1. The van der Waals surface area contributed by atoms with Crippen molar-refractivity contribution in [1.82, 2.24) is 20.3 Å². The molecule has 0 bridgehead atoms. The minimum absolute atomic E-state index is 0.149. The van der Waals surface area contributed by atoms with Crippen LogP contribution < -0.4 is 16.0 Å². The first-order valence-electron chi connectivity index (χ1n) is 10.5. The van der Waals surface area contributed by atoms with E-state index in [4.69, 9.17) is 15.5 Å². The van der Waals surface area contributed by atoms with Crippen molar-refractivity contribution in [3.05, 3.63) is 36.0 Å². The van der Waals surface area contributed by atoms with Crippen molar-refractivity contribution >= 4 is 28.4 Å². The third-order valence-electron chi connectivity index (χ3n) is 5.71. The van der Waals surface area contributed by atoms with Crippen molar-refractivity contribution in [2.24, 2.45) is 5.92 Å². The van der Waals surface area contributed by atoms with Gasteiger partial charge in [-0.25, -0.2) is 9.97 Å². The van der Waals surface area contributed by atoms with Crippen molar-refractivity contribution in [3.8, 4) is 11.4 Å². The first kappa shape index (κ1) is 21.1. The van der Waals surface area contributed by atoms with Crippen molar-refractivity contribution < 1.29 is 14.6 Å². The van der Waals surface area contributed by atoms with Crippen LogP contribution in [-0.2, 0) is 4.74 Å². The van der Waals surface area contributed by atoms with Gasteiger partial charge in [0.1, 0.15) is 11.5 Å². The van der Waals surface area contributed by atoms with Crippen LogP contribution in [0.3, 0.4) is 0 Å². The fourth-order valence-electron chi connectivity index (χ4n) is 3.86. The maximum Gasteiger partial charge on any atom is 0.251 e. The Morgan fingerprint density at radius 3 is 2.71 bits per heavy atom. The highest BCUT2D eigenvalue weighted by atomic mass is 16.5. The third-order valence-corrected chi connectivity index (χ3v) is 5.71. The Balaban J connectivity index is 1.62. The molecule has 5 N–H and O–H groups in total. The lowest BCUT2D eigenvalue weighted by Gasteiger charge is -2.32. The van der Waals surface area contributed by atoms with Gasteiger partial charge in [-0.05, 0) is 30.9 Å². The Kier molecular flexibility index (Phi) is 6.34. The SMILES string of the molecule is COCCNC(=O)c1ccc(-c2nc(N3CCC(CO)CC3)c3c(N)c[nH]c3n2)cc1. The molecular formula is C22H28N6O3. The molecule has 9 nitrogen and oxygen atoms in total. The molecule has 1 aliphatic heterocycles. The van der Waals surface area contributed by atoms with Gasteiger partial charge in [-0.1, -0.05) is 12.1 Å². The second-order valence-electron chi connectivity index (χ2n) is 7.78. The maximum atomic E-state index is 12.2. The number of piperidine rings is 1.